The fourth-order valence-corrected chi connectivity index (χ4v) is 2.87. The molecule has 1 amide bonds. The Bertz CT molecular complexity index is 484. The molecule has 1 aliphatic carbocycles. The second-order valence-corrected chi connectivity index (χ2v) is 6.53. The summed E-state index contributed by atoms with van der Waals surface area (Å²) in [6, 6.07) is 2.03. The second-order valence-electron chi connectivity index (χ2n) is 6.53. The fourth-order valence-electron chi connectivity index (χ4n) is 2.87. The summed E-state index contributed by atoms with van der Waals surface area (Å²) in [5.41, 5.74) is 0.444. The van der Waals surface area contributed by atoms with Crippen LogP contribution in [0.3, 0.4) is 0 Å². The Morgan fingerprint density at radius 1 is 1.22 bits per heavy atom. The number of carbonyl (C=O) groups is 1. The normalized spacial score (nSPS) is 16.1. The van der Waals surface area contributed by atoms with E-state index in [9.17, 15) is 4.79 Å². The summed E-state index contributed by atoms with van der Waals surface area (Å²) in [6.07, 6.45) is 9.60. The van der Waals surface area contributed by atoms with Gasteiger partial charge in [-0.15, -0.1) is 0 Å². The third kappa shape index (κ3) is 6.52. The maximum atomic E-state index is 12.4. The smallest absolute Gasteiger partial charge is 0.270 e. The molecule has 1 aromatic rings. The van der Waals surface area contributed by atoms with E-state index in [1.807, 2.05) is 0 Å². The van der Waals surface area contributed by atoms with E-state index in [0.29, 0.717) is 11.5 Å². The van der Waals surface area contributed by atoms with Gasteiger partial charge in [0.2, 0.25) is 0 Å². The molecular formula is C17H29N5O. The molecule has 0 aromatic carbocycles. The summed E-state index contributed by atoms with van der Waals surface area (Å²) < 4.78 is 0. The minimum Gasteiger partial charge on any atom is -0.370 e. The van der Waals surface area contributed by atoms with Crippen LogP contribution in [0, 0.1) is 0 Å². The molecule has 0 spiro atoms. The number of nitrogens with zero attached hydrogens (tertiary/aromatic N) is 3. The average Bonchev–Trinajstić information content (AvgIpc) is 2.80. The van der Waals surface area contributed by atoms with Crippen LogP contribution in [-0.2, 0) is 0 Å². The molecule has 0 bridgehead atoms. The number of carbonyl (C=O) groups excluding carboxylic acids is 1. The monoisotopic (exact) mass is 319 g/mol. The van der Waals surface area contributed by atoms with Gasteiger partial charge in [0.1, 0.15) is 17.8 Å². The summed E-state index contributed by atoms with van der Waals surface area (Å²) in [4.78, 5) is 22.8. The van der Waals surface area contributed by atoms with Crippen LogP contribution >= 0.6 is 0 Å². The lowest BCUT2D eigenvalue weighted by Crippen LogP contribution is -2.35. The lowest BCUT2D eigenvalue weighted by molar-refractivity contribution is 0.0928. The van der Waals surface area contributed by atoms with Crippen LogP contribution in [0.4, 0.5) is 5.82 Å². The molecule has 1 saturated carbocycles. The molecule has 2 N–H and O–H groups in total. The number of anilines is 1. The SMILES string of the molecule is CN(C)CCCNc1cc(C(=O)NC2CCCCCC2)ncn1. The van der Waals surface area contributed by atoms with Crippen molar-refractivity contribution >= 4 is 11.7 Å². The molecule has 0 saturated heterocycles. The van der Waals surface area contributed by atoms with Gasteiger partial charge < -0.3 is 15.5 Å². The van der Waals surface area contributed by atoms with Crippen LogP contribution in [0.25, 0.3) is 0 Å². The van der Waals surface area contributed by atoms with Crippen molar-refractivity contribution in [2.24, 2.45) is 0 Å². The van der Waals surface area contributed by atoms with Gasteiger partial charge in [-0.05, 0) is 39.9 Å². The largest absolute Gasteiger partial charge is 0.370 e. The first-order valence-electron chi connectivity index (χ1n) is 8.66. The third-order valence-corrected chi connectivity index (χ3v) is 4.18. The van der Waals surface area contributed by atoms with Crippen molar-refractivity contribution in [1.82, 2.24) is 20.2 Å². The number of hydrogen-bond donors (Lipinski definition) is 2. The molecule has 1 fully saturated rings. The first kappa shape index (κ1) is 17.7. The average molecular weight is 319 g/mol. The Labute approximate surface area is 139 Å². The topological polar surface area (TPSA) is 70.2 Å². The predicted molar refractivity (Wildman–Crippen MR) is 92.6 cm³/mol. The minimum absolute atomic E-state index is 0.0874. The summed E-state index contributed by atoms with van der Waals surface area (Å²) in [5.74, 6) is 0.625. The number of nitrogens with one attached hydrogen (secondary N) is 2. The van der Waals surface area contributed by atoms with Crippen LogP contribution in [0.1, 0.15) is 55.4 Å². The van der Waals surface area contributed by atoms with Crippen molar-refractivity contribution in [2.75, 3.05) is 32.5 Å². The van der Waals surface area contributed by atoms with E-state index >= 15 is 0 Å². The van der Waals surface area contributed by atoms with Crippen molar-refractivity contribution in [2.45, 2.75) is 51.0 Å². The molecule has 0 unspecified atom stereocenters. The Kier molecular flexibility index (Phi) is 7.26. The zero-order valence-corrected chi connectivity index (χ0v) is 14.3. The Morgan fingerprint density at radius 2 is 1.96 bits per heavy atom. The first-order valence-corrected chi connectivity index (χ1v) is 8.66. The van der Waals surface area contributed by atoms with Gasteiger partial charge in [0.05, 0.1) is 0 Å². The molecule has 0 radical (unpaired) electrons. The summed E-state index contributed by atoms with van der Waals surface area (Å²) in [5, 5.41) is 6.37. The van der Waals surface area contributed by atoms with E-state index in [4.69, 9.17) is 0 Å². The molecular weight excluding hydrogens is 290 g/mol. The Hall–Kier alpha value is -1.69. The Morgan fingerprint density at radius 3 is 2.65 bits per heavy atom. The summed E-state index contributed by atoms with van der Waals surface area (Å²) >= 11 is 0. The van der Waals surface area contributed by atoms with Crippen LogP contribution in [0.5, 0.6) is 0 Å². The van der Waals surface area contributed by atoms with Gasteiger partial charge >= 0.3 is 0 Å². The molecule has 1 aliphatic rings. The lowest BCUT2D eigenvalue weighted by atomic mass is 10.1. The highest BCUT2D eigenvalue weighted by molar-refractivity contribution is 5.93. The van der Waals surface area contributed by atoms with Crippen LogP contribution < -0.4 is 10.6 Å². The van der Waals surface area contributed by atoms with Gasteiger partial charge in [-0.1, -0.05) is 25.7 Å². The first-order chi connectivity index (χ1) is 11.1. The molecule has 0 atom stereocenters. The summed E-state index contributed by atoms with van der Waals surface area (Å²) in [6.45, 7) is 1.85. The van der Waals surface area contributed by atoms with Gasteiger partial charge in [-0.2, -0.15) is 0 Å². The molecule has 23 heavy (non-hydrogen) atoms. The molecule has 1 aromatic heterocycles. The molecule has 2 rings (SSSR count). The van der Waals surface area contributed by atoms with Gasteiger partial charge in [0, 0.05) is 18.7 Å². The van der Waals surface area contributed by atoms with Crippen molar-refractivity contribution in [1.29, 1.82) is 0 Å². The van der Waals surface area contributed by atoms with Crippen molar-refractivity contribution in [3.63, 3.8) is 0 Å². The highest BCUT2D eigenvalue weighted by atomic mass is 16.1. The quantitative estimate of drug-likeness (QED) is 0.596. The van der Waals surface area contributed by atoms with Gasteiger partial charge in [0.25, 0.3) is 5.91 Å². The van der Waals surface area contributed by atoms with Crippen LogP contribution in [0.15, 0.2) is 12.4 Å². The predicted octanol–water partition coefficient (Wildman–Crippen LogP) is 2.29. The van der Waals surface area contributed by atoms with Crippen LogP contribution in [0.2, 0.25) is 0 Å². The maximum absolute atomic E-state index is 12.4. The van der Waals surface area contributed by atoms with E-state index in [1.54, 1.807) is 6.07 Å². The number of aromatic nitrogens is 2. The van der Waals surface area contributed by atoms with Gasteiger partial charge in [-0.25, -0.2) is 9.97 Å². The molecule has 1 heterocycles. The third-order valence-electron chi connectivity index (χ3n) is 4.18. The zero-order valence-electron chi connectivity index (χ0n) is 14.3. The van der Waals surface area contributed by atoms with E-state index < -0.39 is 0 Å². The van der Waals surface area contributed by atoms with Gasteiger partial charge in [-0.3, -0.25) is 4.79 Å². The van der Waals surface area contributed by atoms with Crippen LogP contribution in [-0.4, -0.2) is 54.0 Å². The fraction of sp³-hybridized carbons (Fsp3) is 0.706. The van der Waals surface area contributed by atoms with Crippen molar-refractivity contribution < 1.29 is 4.79 Å². The number of amides is 1. The molecule has 6 heteroatoms. The maximum Gasteiger partial charge on any atom is 0.270 e. The highest BCUT2D eigenvalue weighted by Gasteiger charge is 2.16. The van der Waals surface area contributed by atoms with Crippen molar-refractivity contribution in [3.05, 3.63) is 18.1 Å². The van der Waals surface area contributed by atoms with E-state index in [-0.39, 0.29) is 11.9 Å². The van der Waals surface area contributed by atoms with Gasteiger partial charge in [0.15, 0.2) is 0 Å². The lowest BCUT2D eigenvalue weighted by Gasteiger charge is -2.16. The van der Waals surface area contributed by atoms with E-state index in [2.05, 4.69) is 39.6 Å². The van der Waals surface area contributed by atoms with Crippen molar-refractivity contribution in [3.8, 4) is 0 Å². The summed E-state index contributed by atoms with van der Waals surface area (Å²) in [7, 11) is 4.11. The van der Waals surface area contributed by atoms with E-state index in [0.717, 1.165) is 32.4 Å². The van der Waals surface area contributed by atoms with E-state index in [1.165, 1.54) is 32.0 Å². The molecule has 128 valence electrons. The number of rotatable bonds is 7. The minimum atomic E-state index is -0.0874. The zero-order chi connectivity index (χ0) is 16.5. The molecule has 0 aliphatic heterocycles. The second kappa shape index (κ2) is 9.45. The Balaban J connectivity index is 1.84. The molecule has 6 nitrogen and oxygen atoms in total. The number of hydrogen-bond acceptors (Lipinski definition) is 5. The highest BCUT2D eigenvalue weighted by Crippen LogP contribution is 2.17. The standard InChI is InChI=1S/C17H29N5O/c1-22(2)11-7-10-18-16-12-15(19-13-20-16)17(23)21-14-8-5-3-4-6-9-14/h12-14H,3-11H2,1-2H3,(H,21,23)(H,18,19,20).